The first-order valence-corrected chi connectivity index (χ1v) is 29.0. The maximum atomic E-state index is 16.7. The summed E-state index contributed by atoms with van der Waals surface area (Å²) < 4.78 is 240. The summed E-state index contributed by atoms with van der Waals surface area (Å²) in [5, 5.41) is 26.3. The van der Waals surface area contributed by atoms with Gasteiger partial charge < -0.3 is 25.7 Å². The molecule has 11 rings (SSSR count). The average Bonchev–Trinajstić information content (AvgIpc) is 4.19. The summed E-state index contributed by atoms with van der Waals surface area (Å²) in [6, 6.07) is 4.75. The number of nitrogens with two attached hydrogens (primary N) is 1. The first-order valence-electron chi connectivity index (χ1n) is 23.1. The van der Waals surface area contributed by atoms with E-state index >= 15 is 52.0 Å². The van der Waals surface area contributed by atoms with Crippen LogP contribution in [0.15, 0.2) is 51.9 Å². The van der Waals surface area contributed by atoms with Gasteiger partial charge in [0.05, 0.1) is 68.0 Å². The number of fused-ring (bicyclic) bond motifs is 2. The Labute approximate surface area is 419 Å². The number of aliphatic hydroxyl groups excluding tert-OH is 2. The SMILES string of the molecule is CC(CNCCN)C[Si](C)(C)OC(C)C(O)C1OS(=O)(=O)c2cc3n4c2C(c2c(F)c(F)c(F)c(F)c2F)=C2C=CC5=[N+]2C42n4c(cc(c4-3)S(=O)(=O)OC1C(C)O)C=c1ccc(n12)=C5c1c(F)c(F)c(F)c(F)c1F. The van der Waals surface area contributed by atoms with Crippen molar-refractivity contribution in [2.75, 3.05) is 19.6 Å². The van der Waals surface area contributed by atoms with Gasteiger partial charge in [-0.3, -0.25) is 8.37 Å². The second-order valence-corrected chi connectivity index (χ2v) is 26.9. The highest BCUT2D eigenvalue weighted by Crippen LogP contribution is 2.58. The summed E-state index contributed by atoms with van der Waals surface area (Å²) >= 11 is 0. The summed E-state index contributed by atoms with van der Waals surface area (Å²) in [5.41, 5.74) is -3.04. The lowest BCUT2D eigenvalue weighted by Gasteiger charge is -2.40. The molecule has 5 aromatic rings. The van der Waals surface area contributed by atoms with Crippen molar-refractivity contribution in [2.24, 2.45) is 11.7 Å². The minimum Gasteiger partial charge on any atom is -0.412 e. The molecule has 0 amide bonds. The molecule has 5 N–H and O–H groups in total. The standard InChI is InChI=1S/C47H41F10N6O9S2Si/c1-17(15-59-11-10-58)16-75(4,5)72-19(3)44(65)46-45(18(2)64)70-73(66,67)26-13-21-12-20-6-7-22-28(30-32(48)36(52)40(56)37(53)33(30)49)23-8-9-24-29(31-34(50)38(54)41(57)39(55)35(31)51)43-27(74(68,69)71-46)14-25-42(26)61(21)47(60(20)22,62(23)24)63(25)43/h6-9,12-14,17-19,44-46,59,64-65H,10-11,15-16,58H2,1-5H3/q+1. The van der Waals surface area contributed by atoms with Crippen LogP contribution in [0.1, 0.15) is 43.3 Å². The van der Waals surface area contributed by atoms with Gasteiger partial charge in [-0.15, -0.1) is 4.58 Å². The zero-order chi connectivity index (χ0) is 54.2. The molecule has 15 nitrogen and oxygen atoms in total. The number of aromatic nitrogens is 3. The molecule has 0 aliphatic carbocycles. The minimum atomic E-state index is -5.77. The highest BCUT2D eigenvalue weighted by atomic mass is 32.2. The van der Waals surface area contributed by atoms with Crippen molar-refractivity contribution in [3.63, 3.8) is 0 Å². The van der Waals surface area contributed by atoms with Crippen molar-refractivity contribution in [1.29, 1.82) is 0 Å². The van der Waals surface area contributed by atoms with Crippen molar-refractivity contribution >= 4 is 51.5 Å². The maximum Gasteiger partial charge on any atom is 0.430 e. The predicted molar refractivity (Wildman–Crippen MR) is 245 cm³/mol. The number of allylic oxidation sites excluding steroid dienone is 2. The van der Waals surface area contributed by atoms with Gasteiger partial charge in [-0.1, -0.05) is 6.92 Å². The number of aliphatic hydroxyl groups is 2. The molecule has 0 saturated heterocycles. The number of hydrogen-bond acceptors (Lipinski definition) is 11. The molecule has 398 valence electrons. The van der Waals surface area contributed by atoms with E-state index < -0.39 is 184 Å². The molecule has 2 aromatic carbocycles. The van der Waals surface area contributed by atoms with Gasteiger partial charge in [0.2, 0.25) is 23.0 Å². The Kier molecular flexibility index (Phi) is 11.6. The number of nitrogens with zero attached hydrogens (tertiary/aromatic N) is 4. The van der Waals surface area contributed by atoms with Gasteiger partial charge in [-0.25, -0.2) is 57.6 Å². The minimum absolute atomic E-state index is 0.0114. The lowest BCUT2D eigenvalue weighted by Crippen LogP contribution is -2.66. The molecular weight excluding hydrogens is 1070 g/mol. The van der Waals surface area contributed by atoms with E-state index in [4.69, 9.17) is 18.5 Å². The van der Waals surface area contributed by atoms with Crippen LogP contribution in [0.3, 0.4) is 0 Å². The summed E-state index contributed by atoms with van der Waals surface area (Å²) in [4.78, 5) is -1.95. The van der Waals surface area contributed by atoms with Crippen molar-refractivity contribution < 1.29 is 88.3 Å². The lowest BCUT2D eigenvalue weighted by molar-refractivity contribution is -0.610. The van der Waals surface area contributed by atoms with Crippen LogP contribution in [0, 0.1) is 64.1 Å². The van der Waals surface area contributed by atoms with E-state index in [2.05, 4.69) is 5.32 Å². The number of rotatable bonds is 13. The molecule has 2 bridgehead atoms. The van der Waals surface area contributed by atoms with Crippen LogP contribution in [0.25, 0.3) is 28.6 Å². The van der Waals surface area contributed by atoms with Crippen LogP contribution in [-0.4, -0.2) is 110 Å². The largest absolute Gasteiger partial charge is 0.430 e. The van der Waals surface area contributed by atoms with E-state index in [0.717, 1.165) is 44.9 Å². The van der Waals surface area contributed by atoms with Gasteiger partial charge in [0, 0.05) is 25.2 Å². The average molecular weight is 1120 g/mol. The van der Waals surface area contributed by atoms with E-state index in [1.165, 1.54) is 29.7 Å². The third-order valence-electron chi connectivity index (χ3n) is 14.2. The quantitative estimate of drug-likeness (QED) is 0.0254. The van der Waals surface area contributed by atoms with Gasteiger partial charge >= 0.3 is 5.91 Å². The highest BCUT2D eigenvalue weighted by Gasteiger charge is 2.68. The van der Waals surface area contributed by atoms with Crippen LogP contribution in [0.2, 0.25) is 19.1 Å². The first kappa shape index (κ1) is 51.4. The van der Waals surface area contributed by atoms with Crippen LogP contribution in [-0.2, 0) is 38.9 Å². The van der Waals surface area contributed by atoms with E-state index in [9.17, 15) is 19.0 Å². The normalized spacial score (nSPS) is 22.9. The number of benzene rings is 2. The van der Waals surface area contributed by atoms with E-state index in [-0.39, 0.29) is 22.3 Å². The fraction of sp³-hybridized carbons (Fsp3) is 0.340. The molecule has 75 heavy (non-hydrogen) atoms. The summed E-state index contributed by atoms with van der Waals surface area (Å²) in [5.74, 6) is -27.3. The van der Waals surface area contributed by atoms with Crippen LogP contribution in [0.5, 0.6) is 0 Å². The maximum absolute atomic E-state index is 16.7. The highest BCUT2D eigenvalue weighted by molar-refractivity contribution is 7.87. The Hall–Kier alpha value is -5.69. The Morgan fingerprint density at radius 3 is 1.87 bits per heavy atom. The van der Waals surface area contributed by atoms with Crippen molar-refractivity contribution in [2.45, 2.75) is 86.1 Å². The molecule has 6 aliphatic heterocycles. The Bertz CT molecular complexity index is 3850. The van der Waals surface area contributed by atoms with Crippen molar-refractivity contribution in [1.82, 2.24) is 19.0 Å². The van der Waals surface area contributed by atoms with E-state index in [1.807, 2.05) is 6.92 Å². The fourth-order valence-electron chi connectivity index (χ4n) is 11.5. The topological polar surface area (TPSA) is 192 Å². The second-order valence-electron chi connectivity index (χ2n) is 19.6. The monoisotopic (exact) mass is 1120 g/mol. The Morgan fingerprint density at radius 1 is 0.747 bits per heavy atom. The Balaban J connectivity index is 1.23. The van der Waals surface area contributed by atoms with Crippen LogP contribution in [0.4, 0.5) is 43.9 Å². The van der Waals surface area contributed by atoms with Crippen LogP contribution >= 0.6 is 0 Å². The number of halogens is 10. The van der Waals surface area contributed by atoms with Crippen LogP contribution < -0.4 is 21.7 Å². The van der Waals surface area contributed by atoms with E-state index in [1.54, 1.807) is 13.1 Å². The zero-order valence-corrected chi connectivity index (χ0v) is 42.2. The molecule has 6 aliphatic rings. The van der Waals surface area contributed by atoms with Gasteiger partial charge in [0.15, 0.2) is 54.9 Å². The molecule has 0 saturated carbocycles. The molecule has 9 heterocycles. The zero-order valence-electron chi connectivity index (χ0n) is 39.5. The molecule has 3 aromatic heterocycles. The molecular formula is C47H41F10N6O9S2Si+. The third-order valence-corrected chi connectivity index (χ3v) is 19.5. The molecule has 1 spiro atoms. The molecule has 7 atom stereocenters. The smallest absolute Gasteiger partial charge is 0.412 e. The number of hydrogen-bond donors (Lipinski definition) is 4. The molecule has 28 heteroatoms. The molecule has 0 fully saturated rings. The van der Waals surface area contributed by atoms with Crippen molar-refractivity contribution in [3.05, 3.63) is 133 Å². The van der Waals surface area contributed by atoms with Gasteiger partial charge in [0.25, 0.3) is 20.2 Å². The summed E-state index contributed by atoms with van der Waals surface area (Å²) in [7, 11) is -14.1. The fourth-order valence-corrected chi connectivity index (χ4v) is 17.3. The third kappa shape index (κ3) is 6.86. The van der Waals surface area contributed by atoms with Gasteiger partial charge in [0.1, 0.15) is 28.1 Å². The Morgan fingerprint density at radius 2 is 1.29 bits per heavy atom. The molecule has 0 radical (unpaired) electrons. The van der Waals surface area contributed by atoms with Gasteiger partial charge in [-0.2, -0.15) is 16.8 Å². The molecule has 7 unspecified atom stereocenters. The van der Waals surface area contributed by atoms with Crippen molar-refractivity contribution in [3.8, 4) is 11.4 Å². The lowest BCUT2D eigenvalue weighted by atomic mass is 9.94. The first-order chi connectivity index (χ1) is 35.1. The summed E-state index contributed by atoms with van der Waals surface area (Å²) in [6.45, 7) is 9.23. The predicted octanol–water partition coefficient (Wildman–Crippen LogP) is 3.98. The number of nitrogens with one attached hydrogen (secondary N) is 1. The second kappa shape index (κ2) is 16.9. The van der Waals surface area contributed by atoms with E-state index in [0.29, 0.717) is 25.7 Å². The van der Waals surface area contributed by atoms with Gasteiger partial charge in [-0.05, 0) is 75.8 Å². The summed E-state index contributed by atoms with van der Waals surface area (Å²) in [6.07, 6.45) is -7.28.